The molecule has 1 unspecified atom stereocenters. The summed E-state index contributed by atoms with van der Waals surface area (Å²) < 4.78 is 24.7. The van der Waals surface area contributed by atoms with Crippen molar-refractivity contribution in [2.24, 2.45) is 0 Å². The average molecular weight is 251 g/mol. The largest absolute Gasteiger partial charge is 0.391 e. The lowest BCUT2D eigenvalue weighted by Gasteiger charge is -2.18. The zero-order valence-corrected chi connectivity index (χ0v) is 10.9. The topological polar surface area (TPSA) is 46.2 Å². The van der Waals surface area contributed by atoms with E-state index in [2.05, 4.69) is 5.32 Å². The molecule has 1 N–H and O–H groups in total. The van der Waals surface area contributed by atoms with Crippen molar-refractivity contribution in [3.05, 3.63) is 41.6 Å². The van der Waals surface area contributed by atoms with Crippen molar-refractivity contribution in [2.45, 2.75) is 30.4 Å². The van der Waals surface area contributed by atoms with E-state index >= 15 is 0 Å². The van der Waals surface area contributed by atoms with Crippen LogP contribution >= 0.6 is 0 Å². The predicted octanol–water partition coefficient (Wildman–Crippen LogP) is 1.95. The van der Waals surface area contributed by atoms with E-state index < -0.39 is 15.1 Å². The van der Waals surface area contributed by atoms with Gasteiger partial charge in [0.25, 0.3) is 0 Å². The van der Waals surface area contributed by atoms with Crippen LogP contribution in [0.25, 0.3) is 0 Å². The first-order chi connectivity index (χ1) is 8.01. The van der Waals surface area contributed by atoms with Crippen molar-refractivity contribution in [3.8, 4) is 0 Å². The van der Waals surface area contributed by atoms with Gasteiger partial charge in [0, 0.05) is 6.54 Å². The van der Waals surface area contributed by atoms with Gasteiger partial charge in [0.05, 0.1) is 10.1 Å². The van der Waals surface area contributed by atoms with Gasteiger partial charge in [-0.3, -0.25) is 0 Å². The Hall–Kier alpha value is -1.29. The lowest BCUT2D eigenvalue weighted by atomic mass is 10.1. The molecule has 0 radical (unpaired) electrons. The molecule has 0 saturated heterocycles. The molecule has 0 fully saturated rings. The van der Waals surface area contributed by atoms with Gasteiger partial charge in [-0.05, 0) is 49.7 Å². The maximum absolute atomic E-state index is 12.4. The lowest BCUT2D eigenvalue weighted by Crippen LogP contribution is -2.28. The normalized spacial score (nSPS) is 20.0. The Morgan fingerprint density at radius 3 is 2.59 bits per heavy atom. The zero-order chi connectivity index (χ0) is 12.5. The van der Waals surface area contributed by atoms with Crippen molar-refractivity contribution in [2.75, 3.05) is 6.54 Å². The van der Waals surface area contributed by atoms with Gasteiger partial charge in [0.1, 0.15) is 0 Å². The molecule has 0 bridgehead atoms. The molecule has 0 saturated carbocycles. The van der Waals surface area contributed by atoms with Gasteiger partial charge in [-0.25, -0.2) is 8.42 Å². The van der Waals surface area contributed by atoms with E-state index in [0.717, 1.165) is 11.1 Å². The molecule has 1 aromatic rings. The molecule has 0 spiro atoms. The molecular formula is C13H17NO2S. The van der Waals surface area contributed by atoms with Gasteiger partial charge in [-0.15, -0.1) is 0 Å². The highest BCUT2D eigenvalue weighted by molar-refractivity contribution is 7.92. The average Bonchev–Trinajstić information content (AvgIpc) is 2.33. The standard InChI is InChI=1S/C13H17NO2S/c1-10-3-4-13(9-11(10)2)17(15,16)12-5-7-14-8-6-12/h3-5,7,9,12,14H,6,8H2,1-2H3. The SMILES string of the molecule is Cc1ccc(S(=O)(=O)C2C=CNCC2)cc1C. The second kappa shape index (κ2) is 4.53. The summed E-state index contributed by atoms with van der Waals surface area (Å²) in [6, 6.07) is 5.33. The van der Waals surface area contributed by atoms with Crippen molar-refractivity contribution in [1.82, 2.24) is 5.32 Å². The van der Waals surface area contributed by atoms with Gasteiger partial charge in [-0.1, -0.05) is 12.1 Å². The maximum atomic E-state index is 12.4. The Kier molecular flexibility index (Phi) is 3.24. The highest BCUT2D eigenvalue weighted by Crippen LogP contribution is 2.22. The summed E-state index contributed by atoms with van der Waals surface area (Å²) in [5.74, 6) is 0. The highest BCUT2D eigenvalue weighted by Gasteiger charge is 2.26. The van der Waals surface area contributed by atoms with Crippen LogP contribution in [0.4, 0.5) is 0 Å². The first-order valence-electron chi connectivity index (χ1n) is 5.73. The van der Waals surface area contributed by atoms with Crippen LogP contribution in [0.1, 0.15) is 17.5 Å². The minimum atomic E-state index is -3.23. The van der Waals surface area contributed by atoms with E-state index in [1.807, 2.05) is 19.9 Å². The number of hydrogen-bond acceptors (Lipinski definition) is 3. The van der Waals surface area contributed by atoms with Crippen LogP contribution in [0.15, 0.2) is 35.4 Å². The van der Waals surface area contributed by atoms with Crippen LogP contribution in [0.3, 0.4) is 0 Å². The van der Waals surface area contributed by atoms with Crippen molar-refractivity contribution >= 4 is 9.84 Å². The van der Waals surface area contributed by atoms with Crippen LogP contribution < -0.4 is 5.32 Å². The lowest BCUT2D eigenvalue weighted by molar-refractivity contribution is 0.578. The van der Waals surface area contributed by atoms with Crippen LogP contribution in [-0.4, -0.2) is 20.2 Å². The summed E-state index contributed by atoms with van der Waals surface area (Å²) in [6.45, 7) is 4.63. The minimum Gasteiger partial charge on any atom is -0.391 e. The molecule has 17 heavy (non-hydrogen) atoms. The fourth-order valence-electron chi connectivity index (χ4n) is 1.90. The molecule has 3 nitrogen and oxygen atoms in total. The Morgan fingerprint density at radius 2 is 2.00 bits per heavy atom. The van der Waals surface area contributed by atoms with E-state index in [1.54, 1.807) is 24.4 Å². The summed E-state index contributed by atoms with van der Waals surface area (Å²) in [7, 11) is -3.23. The number of hydrogen-bond donors (Lipinski definition) is 1. The molecule has 0 aliphatic carbocycles. The molecule has 1 aliphatic heterocycles. The Morgan fingerprint density at radius 1 is 1.24 bits per heavy atom. The molecular weight excluding hydrogens is 234 g/mol. The summed E-state index contributed by atoms with van der Waals surface area (Å²) in [4.78, 5) is 0.428. The van der Waals surface area contributed by atoms with E-state index in [4.69, 9.17) is 0 Å². The molecule has 0 amide bonds. The third-order valence-electron chi connectivity index (χ3n) is 3.21. The first-order valence-corrected chi connectivity index (χ1v) is 7.27. The van der Waals surface area contributed by atoms with Crippen LogP contribution in [0.2, 0.25) is 0 Å². The first kappa shape index (κ1) is 12.2. The summed E-state index contributed by atoms with van der Waals surface area (Å²) in [6.07, 6.45) is 4.09. The van der Waals surface area contributed by atoms with Gasteiger partial charge in [0.15, 0.2) is 9.84 Å². The van der Waals surface area contributed by atoms with Gasteiger partial charge < -0.3 is 5.32 Å². The maximum Gasteiger partial charge on any atom is 0.184 e. The van der Waals surface area contributed by atoms with Crippen LogP contribution in [0.5, 0.6) is 0 Å². The van der Waals surface area contributed by atoms with E-state index in [-0.39, 0.29) is 0 Å². The smallest absolute Gasteiger partial charge is 0.184 e. The fourth-order valence-corrected chi connectivity index (χ4v) is 3.57. The van der Waals surface area contributed by atoms with E-state index in [0.29, 0.717) is 17.9 Å². The number of benzene rings is 1. The molecule has 1 heterocycles. The van der Waals surface area contributed by atoms with Gasteiger partial charge in [-0.2, -0.15) is 0 Å². The summed E-state index contributed by atoms with van der Waals surface area (Å²) in [5, 5.41) is 2.62. The third-order valence-corrected chi connectivity index (χ3v) is 5.31. The fraction of sp³-hybridized carbons (Fsp3) is 0.385. The predicted molar refractivity (Wildman–Crippen MR) is 68.6 cm³/mol. The van der Waals surface area contributed by atoms with Gasteiger partial charge >= 0.3 is 0 Å². The summed E-state index contributed by atoms with van der Waals surface area (Å²) >= 11 is 0. The molecule has 0 aromatic heterocycles. The molecule has 92 valence electrons. The number of nitrogens with one attached hydrogen (secondary N) is 1. The van der Waals surface area contributed by atoms with E-state index in [9.17, 15) is 8.42 Å². The molecule has 1 aliphatic rings. The Balaban J connectivity index is 2.40. The third kappa shape index (κ3) is 2.36. The van der Waals surface area contributed by atoms with Gasteiger partial charge in [0.2, 0.25) is 0 Å². The number of rotatable bonds is 2. The minimum absolute atomic E-state index is 0.397. The molecule has 4 heteroatoms. The van der Waals surface area contributed by atoms with Crippen molar-refractivity contribution < 1.29 is 8.42 Å². The highest BCUT2D eigenvalue weighted by atomic mass is 32.2. The number of sulfone groups is 1. The quantitative estimate of drug-likeness (QED) is 0.874. The van der Waals surface area contributed by atoms with Crippen LogP contribution in [-0.2, 0) is 9.84 Å². The zero-order valence-electron chi connectivity index (χ0n) is 10.1. The van der Waals surface area contributed by atoms with E-state index in [1.165, 1.54) is 0 Å². The Bertz CT molecular complexity index is 547. The molecule has 1 aromatic carbocycles. The second-order valence-electron chi connectivity index (χ2n) is 4.43. The molecule has 1 atom stereocenters. The number of aryl methyl sites for hydroxylation is 2. The van der Waals surface area contributed by atoms with Crippen molar-refractivity contribution in [1.29, 1.82) is 0 Å². The van der Waals surface area contributed by atoms with Crippen LogP contribution in [0, 0.1) is 13.8 Å². The monoisotopic (exact) mass is 251 g/mol. The van der Waals surface area contributed by atoms with Crippen molar-refractivity contribution in [3.63, 3.8) is 0 Å². The molecule has 2 rings (SSSR count). The Labute approximate surface area is 102 Å². The summed E-state index contributed by atoms with van der Waals surface area (Å²) in [5.41, 5.74) is 2.13. The second-order valence-corrected chi connectivity index (χ2v) is 6.60.